The van der Waals surface area contributed by atoms with Crippen LogP contribution < -0.4 is 31.1 Å². The van der Waals surface area contributed by atoms with E-state index in [1.165, 1.54) is 0 Å². The fourth-order valence-electron chi connectivity index (χ4n) is 5.36. The van der Waals surface area contributed by atoms with E-state index in [2.05, 4.69) is 21.3 Å². The molecule has 0 aliphatic rings. The van der Waals surface area contributed by atoms with Crippen molar-refractivity contribution in [3.05, 3.63) is 43.7 Å². The number of carbonyl (C=O) groups excluding carboxylic acids is 7. The van der Waals surface area contributed by atoms with E-state index >= 15 is 0 Å². The smallest absolute Gasteiger partial charge is 0.302 e. The SMILES string of the molecule is CC(=O)OCC(O)NC(=O)c1c(I)c(C(=O)NCC(O)CO)c(I)c(N(CC(O)CN(C(C)=O)c2c(I)c(C(=O)NCC(O)CO)c(I)c(C(=O)NCC(O)CO)c2I)C(C)=O)c1I. The summed E-state index contributed by atoms with van der Waals surface area (Å²) >= 11 is 10.5. The van der Waals surface area contributed by atoms with E-state index in [4.69, 9.17) is 4.74 Å². The molecule has 0 radical (unpaired) electrons. The third-order valence-corrected chi connectivity index (χ3v) is 14.8. The van der Waals surface area contributed by atoms with E-state index in [0.29, 0.717) is 0 Å². The van der Waals surface area contributed by atoms with Gasteiger partial charge in [-0.3, -0.25) is 33.6 Å². The lowest BCUT2D eigenvalue weighted by Gasteiger charge is -2.32. The largest absolute Gasteiger partial charge is 0.461 e. The van der Waals surface area contributed by atoms with Crippen LogP contribution in [0.15, 0.2) is 0 Å². The van der Waals surface area contributed by atoms with Gasteiger partial charge in [0.1, 0.15) is 6.61 Å². The molecule has 0 heterocycles. The highest BCUT2D eigenvalue weighted by Gasteiger charge is 2.36. The highest BCUT2D eigenvalue weighted by Crippen LogP contribution is 2.40. The number of amides is 6. The van der Waals surface area contributed by atoms with Gasteiger partial charge in [-0.1, -0.05) is 0 Å². The van der Waals surface area contributed by atoms with Crippen LogP contribution in [0.4, 0.5) is 11.4 Å². The van der Waals surface area contributed by atoms with Crippen molar-refractivity contribution in [3.63, 3.8) is 0 Å². The molecule has 5 unspecified atom stereocenters. The number of esters is 1. The lowest BCUT2D eigenvalue weighted by molar-refractivity contribution is -0.144. The zero-order valence-electron chi connectivity index (χ0n) is 33.8. The number of halogens is 6. The Morgan fingerprint density at radius 3 is 1.06 bits per heavy atom. The average molecular weight is 1580 g/mol. The Kier molecular flexibility index (Phi) is 25.5. The number of aliphatic hydroxyl groups is 8. The van der Waals surface area contributed by atoms with Crippen LogP contribution in [0.3, 0.4) is 0 Å². The number of rotatable bonds is 22. The van der Waals surface area contributed by atoms with Crippen LogP contribution in [0.5, 0.6) is 0 Å². The zero-order valence-corrected chi connectivity index (χ0v) is 46.7. The Balaban J connectivity index is 2.85. The second-order valence-corrected chi connectivity index (χ2v) is 19.9. The van der Waals surface area contributed by atoms with Gasteiger partial charge in [-0.05, 0) is 136 Å². The Morgan fingerprint density at radius 2 is 0.797 bits per heavy atom. The second-order valence-electron chi connectivity index (χ2n) is 13.4. The van der Waals surface area contributed by atoms with Gasteiger partial charge in [-0.15, -0.1) is 0 Å². The first kappa shape index (κ1) is 58.9. The lowest BCUT2D eigenvalue weighted by Crippen LogP contribution is -2.46. The molecule has 0 aromatic heterocycles. The van der Waals surface area contributed by atoms with Gasteiger partial charge < -0.3 is 76.7 Å². The molecule has 0 bridgehead atoms. The number of benzene rings is 2. The van der Waals surface area contributed by atoms with Crippen LogP contribution in [-0.2, 0) is 19.1 Å². The van der Waals surface area contributed by atoms with E-state index in [9.17, 15) is 74.4 Å². The third-order valence-electron chi connectivity index (χ3n) is 8.45. The van der Waals surface area contributed by atoms with Crippen LogP contribution in [0.1, 0.15) is 62.2 Å². The normalized spacial score (nSPS) is 13.5. The first-order chi connectivity index (χ1) is 29.9. The molecule has 0 saturated heterocycles. The minimum Gasteiger partial charge on any atom is -0.461 e. The Hall–Kier alpha value is -1.21. The average Bonchev–Trinajstić information content (AvgIpc) is 3.21. The second kappa shape index (κ2) is 27.7. The summed E-state index contributed by atoms with van der Waals surface area (Å²) in [5.74, 6) is -5.62. The van der Waals surface area contributed by atoms with Gasteiger partial charge in [-0.2, -0.15) is 0 Å². The van der Waals surface area contributed by atoms with Crippen LogP contribution in [0.25, 0.3) is 0 Å². The maximum atomic E-state index is 13.8. The summed E-state index contributed by atoms with van der Waals surface area (Å²) < 4.78 is 5.22. The van der Waals surface area contributed by atoms with Gasteiger partial charge in [-0.25, -0.2) is 0 Å². The Morgan fingerprint density at radius 1 is 0.500 bits per heavy atom. The van der Waals surface area contributed by atoms with Crippen molar-refractivity contribution in [2.24, 2.45) is 0 Å². The van der Waals surface area contributed by atoms with Gasteiger partial charge in [0.2, 0.25) is 11.8 Å². The van der Waals surface area contributed by atoms with Gasteiger partial charge in [0, 0.05) is 47.5 Å². The maximum Gasteiger partial charge on any atom is 0.302 e. The molecule has 12 N–H and O–H groups in total. The van der Waals surface area contributed by atoms with Crippen molar-refractivity contribution < 1.29 is 79.2 Å². The van der Waals surface area contributed by atoms with E-state index in [-0.39, 0.29) is 55.0 Å². The van der Waals surface area contributed by atoms with Gasteiger partial charge in [0.25, 0.3) is 23.6 Å². The van der Waals surface area contributed by atoms with Crippen molar-refractivity contribution >= 4 is 188 Å². The number of nitrogens with zero attached hydrogens (tertiary/aromatic N) is 2. The molecular formula is C36H44I6N6O16. The molecular weight excluding hydrogens is 1530 g/mol. The first-order valence-corrected chi connectivity index (χ1v) is 24.8. The molecule has 22 nitrogen and oxygen atoms in total. The summed E-state index contributed by atoms with van der Waals surface area (Å²) in [5.41, 5.74) is -0.770. The quantitative estimate of drug-likeness (QED) is 0.0380. The predicted octanol–water partition coefficient (Wildman–Crippen LogP) is -1.06. The Bertz CT molecular complexity index is 2050. The number of nitrogens with one attached hydrogen (secondary N) is 4. The number of hydrogen-bond donors (Lipinski definition) is 12. The van der Waals surface area contributed by atoms with Crippen LogP contribution >= 0.6 is 136 Å². The highest BCUT2D eigenvalue weighted by molar-refractivity contribution is 14.1. The van der Waals surface area contributed by atoms with Crippen molar-refractivity contribution in [2.75, 3.05) is 69.0 Å². The minimum atomic E-state index is -1.71. The molecule has 2 aromatic rings. The summed E-state index contributed by atoms with van der Waals surface area (Å²) in [6.45, 7) is -1.76. The number of carbonyl (C=O) groups is 7. The topological polar surface area (TPSA) is 345 Å². The fourth-order valence-corrected chi connectivity index (χ4v) is 14.8. The standard InChI is InChI=1S/C36H44I6N6O16/c1-13(52)47(31-27(39)21(33(60)43-4-16(55)9-49)25(37)22(28(31)40)34(61)44-5-17(56)10-50)7-19(58)8-48(14(2)53)32-29(41)23(35(62)45-6-18(57)11-51)26(38)24(30(32)42)36(63)46-20(59)12-64-15(3)54/h16-20,49-51,55-59H,4-12H2,1-3H3,(H,43,60)(H,44,61)(H,45,62)(H,46,63). The van der Waals surface area contributed by atoms with Crippen molar-refractivity contribution in [2.45, 2.75) is 51.4 Å². The van der Waals surface area contributed by atoms with Crippen molar-refractivity contribution in [1.82, 2.24) is 21.3 Å². The predicted molar refractivity (Wildman–Crippen MR) is 278 cm³/mol. The first-order valence-electron chi connectivity index (χ1n) is 18.3. The molecule has 5 atom stereocenters. The fraction of sp³-hybridized carbons (Fsp3) is 0.472. The summed E-state index contributed by atoms with van der Waals surface area (Å²) in [6, 6.07) is 0. The molecule has 28 heteroatoms. The van der Waals surface area contributed by atoms with Gasteiger partial charge >= 0.3 is 5.97 Å². The van der Waals surface area contributed by atoms with Crippen molar-refractivity contribution in [3.8, 4) is 0 Å². The van der Waals surface area contributed by atoms with Crippen LogP contribution in [-0.4, -0.2) is 172 Å². The van der Waals surface area contributed by atoms with E-state index in [0.717, 1.165) is 30.6 Å². The van der Waals surface area contributed by atoms with E-state index in [1.54, 1.807) is 136 Å². The number of anilines is 2. The van der Waals surface area contributed by atoms with E-state index in [1.807, 2.05) is 0 Å². The molecule has 0 aliphatic heterocycles. The highest BCUT2D eigenvalue weighted by atomic mass is 127. The number of ether oxygens (including phenoxy) is 1. The Labute approximate surface area is 447 Å². The zero-order chi connectivity index (χ0) is 48.9. The molecule has 0 spiro atoms. The molecule has 356 valence electrons. The minimum absolute atomic E-state index is 0.0226. The van der Waals surface area contributed by atoms with Crippen LogP contribution in [0.2, 0.25) is 0 Å². The summed E-state index contributed by atoms with van der Waals surface area (Å²) in [5, 5.41) is 89.6. The van der Waals surface area contributed by atoms with Crippen molar-refractivity contribution in [1.29, 1.82) is 0 Å². The molecule has 64 heavy (non-hydrogen) atoms. The van der Waals surface area contributed by atoms with Gasteiger partial charge in [0.05, 0.1) is 105 Å². The molecule has 0 aliphatic carbocycles. The van der Waals surface area contributed by atoms with Crippen LogP contribution in [0, 0.1) is 21.4 Å². The third kappa shape index (κ3) is 15.9. The maximum absolute atomic E-state index is 13.8. The number of hydrogen-bond acceptors (Lipinski definition) is 16. The summed E-state index contributed by atoms with van der Waals surface area (Å²) in [4.78, 5) is 95.3. The lowest BCUT2D eigenvalue weighted by atomic mass is 10.1. The molecule has 2 rings (SSSR count). The van der Waals surface area contributed by atoms with E-state index < -0.39 is 131 Å². The monoisotopic (exact) mass is 1580 g/mol. The molecule has 0 fully saturated rings. The summed E-state index contributed by atoms with van der Waals surface area (Å²) in [7, 11) is 0. The number of aliphatic hydroxyl groups excluding tert-OH is 8. The van der Waals surface area contributed by atoms with Gasteiger partial charge in [0.15, 0.2) is 6.23 Å². The molecule has 0 saturated carbocycles. The molecule has 2 aromatic carbocycles. The molecule has 6 amide bonds. The summed E-state index contributed by atoms with van der Waals surface area (Å²) in [6.07, 6.45) is -7.41.